The van der Waals surface area contributed by atoms with Gasteiger partial charge in [-0.1, -0.05) is 18.2 Å². The maximum Gasteiger partial charge on any atom is 0.123 e. The van der Waals surface area contributed by atoms with E-state index in [1.807, 2.05) is 49.4 Å². The summed E-state index contributed by atoms with van der Waals surface area (Å²) >= 11 is 0. The lowest BCUT2D eigenvalue weighted by molar-refractivity contribution is 0.624. The van der Waals surface area contributed by atoms with E-state index in [1.165, 1.54) is 11.6 Å². The first-order chi connectivity index (χ1) is 13.2. The zero-order valence-electron chi connectivity index (χ0n) is 15.1. The summed E-state index contributed by atoms with van der Waals surface area (Å²) in [6.45, 7) is 3.17. The SMILES string of the molecule is Cc1cc(F)cc(CNc2ccc3c(c2)C(/C=C/c2ccccn2)=NC3)c1. The van der Waals surface area contributed by atoms with Gasteiger partial charge >= 0.3 is 0 Å². The number of halogens is 1. The molecule has 2 heterocycles. The number of hydrogen-bond donors (Lipinski definition) is 1. The van der Waals surface area contributed by atoms with Crippen LogP contribution in [0.2, 0.25) is 0 Å². The molecule has 0 saturated heterocycles. The maximum absolute atomic E-state index is 13.6. The third-order valence-electron chi connectivity index (χ3n) is 4.50. The average molecular weight is 357 g/mol. The number of aryl methyl sites for hydroxylation is 1. The highest BCUT2D eigenvalue weighted by molar-refractivity contribution is 6.13. The Morgan fingerprint density at radius 2 is 2.00 bits per heavy atom. The molecule has 1 N–H and O–H groups in total. The van der Waals surface area contributed by atoms with Crippen LogP contribution < -0.4 is 5.32 Å². The smallest absolute Gasteiger partial charge is 0.123 e. The van der Waals surface area contributed by atoms with Crippen LogP contribution in [-0.4, -0.2) is 10.7 Å². The number of benzene rings is 2. The minimum atomic E-state index is -0.199. The monoisotopic (exact) mass is 357 g/mol. The summed E-state index contributed by atoms with van der Waals surface area (Å²) in [5.74, 6) is -0.199. The van der Waals surface area contributed by atoms with Crippen molar-refractivity contribution in [2.45, 2.75) is 20.0 Å². The second-order valence-corrected chi connectivity index (χ2v) is 6.65. The van der Waals surface area contributed by atoms with Crippen molar-refractivity contribution in [2.75, 3.05) is 5.32 Å². The molecule has 0 aliphatic carbocycles. The fourth-order valence-electron chi connectivity index (χ4n) is 3.22. The topological polar surface area (TPSA) is 37.3 Å². The fourth-order valence-corrected chi connectivity index (χ4v) is 3.22. The van der Waals surface area contributed by atoms with Gasteiger partial charge in [-0.2, -0.15) is 0 Å². The third-order valence-corrected chi connectivity index (χ3v) is 4.50. The molecular weight excluding hydrogens is 337 g/mol. The van der Waals surface area contributed by atoms with Gasteiger partial charge in [0.05, 0.1) is 18.0 Å². The van der Waals surface area contributed by atoms with Crippen LogP contribution in [0.1, 0.15) is 27.9 Å². The molecule has 134 valence electrons. The Kier molecular flexibility index (Phi) is 4.79. The van der Waals surface area contributed by atoms with E-state index in [4.69, 9.17) is 0 Å². The van der Waals surface area contributed by atoms with Crippen LogP contribution >= 0.6 is 0 Å². The number of aromatic nitrogens is 1. The van der Waals surface area contributed by atoms with E-state index in [0.29, 0.717) is 13.1 Å². The normalized spacial score (nSPS) is 12.9. The number of nitrogens with zero attached hydrogens (tertiary/aromatic N) is 2. The minimum absolute atomic E-state index is 0.199. The molecule has 1 aliphatic heterocycles. The van der Waals surface area contributed by atoms with Gasteiger partial charge in [-0.15, -0.1) is 0 Å². The lowest BCUT2D eigenvalue weighted by Gasteiger charge is -2.10. The molecule has 1 aromatic heterocycles. The fraction of sp³-hybridized carbons (Fsp3) is 0.130. The molecule has 4 heteroatoms. The van der Waals surface area contributed by atoms with Crippen molar-refractivity contribution in [2.24, 2.45) is 4.99 Å². The number of nitrogens with one attached hydrogen (secondary N) is 1. The average Bonchev–Trinajstić information content (AvgIpc) is 3.07. The van der Waals surface area contributed by atoms with Gasteiger partial charge in [0.25, 0.3) is 0 Å². The predicted molar refractivity (Wildman–Crippen MR) is 108 cm³/mol. The van der Waals surface area contributed by atoms with Gasteiger partial charge in [0.1, 0.15) is 5.82 Å². The van der Waals surface area contributed by atoms with E-state index in [2.05, 4.69) is 27.4 Å². The summed E-state index contributed by atoms with van der Waals surface area (Å²) in [4.78, 5) is 8.93. The zero-order chi connectivity index (χ0) is 18.6. The highest BCUT2D eigenvalue weighted by atomic mass is 19.1. The molecule has 0 atom stereocenters. The Hall–Kier alpha value is -3.27. The molecule has 3 aromatic rings. The highest BCUT2D eigenvalue weighted by Gasteiger charge is 2.14. The van der Waals surface area contributed by atoms with Crippen molar-refractivity contribution in [1.29, 1.82) is 0 Å². The standard InChI is InChI=1S/C23H20FN3/c1-16-10-17(12-19(24)11-16)14-26-21-6-5-18-15-27-23(22(18)13-21)8-7-20-4-2-3-9-25-20/h2-13,26H,14-15H2,1H3/b8-7+. The lowest BCUT2D eigenvalue weighted by atomic mass is 10.0. The molecule has 0 fully saturated rings. The molecule has 2 aromatic carbocycles. The van der Waals surface area contributed by atoms with E-state index >= 15 is 0 Å². The van der Waals surface area contributed by atoms with E-state index in [9.17, 15) is 4.39 Å². The minimum Gasteiger partial charge on any atom is -0.381 e. The van der Waals surface area contributed by atoms with Gasteiger partial charge < -0.3 is 5.32 Å². The van der Waals surface area contributed by atoms with Gasteiger partial charge in [0, 0.05) is 24.0 Å². The summed E-state index contributed by atoms with van der Waals surface area (Å²) in [5, 5.41) is 3.38. The quantitative estimate of drug-likeness (QED) is 0.685. The molecular formula is C23H20FN3. The van der Waals surface area contributed by atoms with E-state index in [1.54, 1.807) is 12.3 Å². The van der Waals surface area contributed by atoms with Gasteiger partial charge in [-0.05, 0) is 72.2 Å². The maximum atomic E-state index is 13.6. The summed E-state index contributed by atoms with van der Waals surface area (Å²) in [5.41, 5.74) is 7.05. The lowest BCUT2D eigenvalue weighted by Crippen LogP contribution is -2.02. The number of pyridine rings is 1. The predicted octanol–water partition coefficient (Wildman–Crippen LogP) is 5.16. The van der Waals surface area contributed by atoms with Crippen LogP contribution in [0.4, 0.5) is 10.1 Å². The van der Waals surface area contributed by atoms with Crippen molar-refractivity contribution in [3.63, 3.8) is 0 Å². The molecule has 3 nitrogen and oxygen atoms in total. The summed E-state index contributed by atoms with van der Waals surface area (Å²) < 4.78 is 13.6. The second kappa shape index (κ2) is 7.54. The van der Waals surface area contributed by atoms with Crippen molar-refractivity contribution in [3.8, 4) is 0 Å². The number of anilines is 1. The Bertz CT molecular complexity index is 1000. The molecule has 0 amide bonds. The molecule has 0 spiro atoms. The van der Waals surface area contributed by atoms with E-state index in [-0.39, 0.29) is 5.82 Å². The Balaban J connectivity index is 1.50. The molecule has 4 rings (SSSR count). The Morgan fingerprint density at radius 1 is 1.07 bits per heavy atom. The van der Waals surface area contributed by atoms with Crippen molar-refractivity contribution >= 4 is 17.5 Å². The van der Waals surface area contributed by atoms with Crippen molar-refractivity contribution in [3.05, 3.63) is 101 Å². The highest BCUT2D eigenvalue weighted by Crippen LogP contribution is 2.24. The third kappa shape index (κ3) is 4.11. The molecule has 0 radical (unpaired) electrons. The first kappa shape index (κ1) is 17.2. The molecule has 0 bridgehead atoms. The molecule has 0 saturated carbocycles. The number of hydrogen-bond acceptors (Lipinski definition) is 3. The second-order valence-electron chi connectivity index (χ2n) is 6.65. The van der Waals surface area contributed by atoms with Crippen LogP contribution in [0.25, 0.3) is 6.08 Å². The molecule has 0 unspecified atom stereocenters. The Labute approximate surface area is 158 Å². The van der Waals surface area contributed by atoms with Crippen molar-refractivity contribution in [1.82, 2.24) is 4.98 Å². The van der Waals surface area contributed by atoms with Gasteiger partial charge in [-0.3, -0.25) is 9.98 Å². The number of fused-ring (bicyclic) bond motifs is 1. The largest absolute Gasteiger partial charge is 0.381 e. The van der Waals surface area contributed by atoms with Gasteiger partial charge in [0.15, 0.2) is 0 Å². The number of aliphatic imine (C=N–C) groups is 1. The molecule has 27 heavy (non-hydrogen) atoms. The van der Waals surface area contributed by atoms with Crippen LogP contribution in [0.15, 0.2) is 71.9 Å². The van der Waals surface area contributed by atoms with Crippen LogP contribution in [-0.2, 0) is 13.1 Å². The zero-order valence-corrected chi connectivity index (χ0v) is 15.1. The summed E-state index contributed by atoms with van der Waals surface area (Å²) in [6.07, 6.45) is 5.76. The first-order valence-electron chi connectivity index (χ1n) is 8.94. The van der Waals surface area contributed by atoms with Gasteiger partial charge in [0.2, 0.25) is 0 Å². The van der Waals surface area contributed by atoms with Crippen LogP contribution in [0.3, 0.4) is 0 Å². The molecule has 1 aliphatic rings. The van der Waals surface area contributed by atoms with E-state index < -0.39 is 0 Å². The number of allylic oxidation sites excluding steroid dienone is 1. The van der Waals surface area contributed by atoms with Crippen LogP contribution in [0.5, 0.6) is 0 Å². The Morgan fingerprint density at radius 3 is 2.81 bits per heavy atom. The summed E-state index contributed by atoms with van der Waals surface area (Å²) in [7, 11) is 0. The van der Waals surface area contributed by atoms with Gasteiger partial charge in [-0.25, -0.2) is 4.39 Å². The summed E-state index contributed by atoms with van der Waals surface area (Å²) in [6, 6.07) is 17.2. The van der Waals surface area contributed by atoms with Crippen LogP contribution in [0, 0.1) is 12.7 Å². The number of rotatable bonds is 5. The first-order valence-corrected chi connectivity index (χ1v) is 8.94. The van der Waals surface area contributed by atoms with Crippen molar-refractivity contribution < 1.29 is 4.39 Å². The van der Waals surface area contributed by atoms with E-state index in [0.717, 1.165) is 33.8 Å².